The number of ether oxygens (including phenoxy) is 3. The summed E-state index contributed by atoms with van der Waals surface area (Å²) in [6.45, 7) is 6.37. The van der Waals surface area contributed by atoms with E-state index in [1.807, 2.05) is 12.2 Å². The lowest BCUT2D eigenvalue weighted by atomic mass is 10.0. The van der Waals surface area contributed by atoms with Crippen LogP contribution in [0.1, 0.15) is 220 Å². The molecule has 0 unspecified atom stereocenters. The summed E-state index contributed by atoms with van der Waals surface area (Å²) in [4.78, 5) is 38.0. The van der Waals surface area contributed by atoms with E-state index in [1.54, 1.807) is 0 Å². The number of allylic oxidation sites excluding steroid dienone is 20. The van der Waals surface area contributed by atoms with E-state index in [9.17, 15) is 14.4 Å². The lowest BCUT2D eigenvalue weighted by molar-refractivity contribution is -0.166. The van der Waals surface area contributed by atoms with Crippen LogP contribution in [0.2, 0.25) is 0 Å². The number of carbonyl (C=O) groups is 3. The Balaban J connectivity index is 4.60. The van der Waals surface area contributed by atoms with Crippen molar-refractivity contribution < 1.29 is 28.6 Å². The molecular formula is C60H96O6. The van der Waals surface area contributed by atoms with Crippen LogP contribution >= 0.6 is 0 Å². The zero-order valence-electron chi connectivity index (χ0n) is 42.4. The second-order valence-corrected chi connectivity index (χ2v) is 17.1. The Morgan fingerprint density at radius 1 is 0.318 bits per heavy atom. The normalized spacial score (nSPS) is 13.1. The van der Waals surface area contributed by atoms with Crippen LogP contribution in [-0.2, 0) is 28.6 Å². The van der Waals surface area contributed by atoms with Gasteiger partial charge in [-0.25, -0.2) is 0 Å². The molecule has 0 aliphatic heterocycles. The SMILES string of the molecule is CC/C=C\C/C=C\C/C=C\C/C=C\C/C=C\CCCC(=O)O[C@H](COC(=O)CC/C=C\C/C=C\C/C=C\C/C=C\C/C=C\CCCCC)COC(=O)CCCCCCCCCCCCCC. The maximum Gasteiger partial charge on any atom is 0.306 e. The summed E-state index contributed by atoms with van der Waals surface area (Å²) in [6.07, 6.45) is 73.4. The topological polar surface area (TPSA) is 78.9 Å². The molecule has 0 spiro atoms. The molecule has 0 aliphatic carbocycles. The molecule has 0 aromatic carbocycles. The molecule has 0 aliphatic rings. The number of hydrogen-bond acceptors (Lipinski definition) is 6. The molecule has 0 radical (unpaired) electrons. The Kier molecular flexibility index (Phi) is 50.0. The first-order valence-electron chi connectivity index (χ1n) is 26.5. The fourth-order valence-electron chi connectivity index (χ4n) is 6.75. The molecular weight excluding hydrogens is 817 g/mol. The largest absolute Gasteiger partial charge is 0.462 e. The Morgan fingerprint density at radius 2 is 0.636 bits per heavy atom. The zero-order valence-corrected chi connectivity index (χ0v) is 42.4. The highest BCUT2D eigenvalue weighted by molar-refractivity contribution is 5.71. The van der Waals surface area contributed by atoms with Gasteiger partial charge >= 0.3 is 17.9 Å². The van der Waals surface area contributed by atoms with Crippen molar-refractivity contribution >= 4 is 17.9 Å². The number of rotatable bonds is 46. The van der Waals surface area contributed by atoms with Crippen molar-refractivity contribution in [1.82, 2.24) is 0 Å². The average molecular weight is 913 g/mol. The first kappa shape index (κ1) is 61.8. The van der Waals surface area contributed by atoms with Gasteiger partial charge in [0.15, 0.2) is 6.10 Å². The molecule has 0 fully saturated rings. The lowest BCUT2D eigenvalue weighted by Gasteiger charge is -2.18. The van der Waals surface area contributed by atoms with Crippen LogP contribution in [-0.4, -0.2) is 37.2 Å². The fourth-order valence-corrected chi connectivity index (χ4v) is 6.75. The summed E-state index contributed by atoms with van der Waals surface area (Å²) in [5, 5.41) is 0. The predicted octanol–water partition coefficient (Wildman–Crippen LogP) is 17.7. The molecule has 0 aromatic rings. The van der Waals surface area contributed by atoms with E-state index >= 15 is 0 Å². The first-order chi connectivity index (χ1) is 32.5. The van der Waals surface area contributed by atoms with E-state index in [2.05, 4.69) is 130 Å². The van der Waals surface area contributed by atoms with Crippen molar-refractivity contribution in [2.75, 3.05) is 13.2 Å². The van der Waals surface area contributed by atoms with Gasteiger partial charge in [-0.1, -0.05) is 226 Å². The Hall–Kier alpha value is -4.19. The van der Waals surface area contributed by atoms with Crippen LogP contribution in [0.15, 0.2) is 122 Å². The van der Waals surface area contributed by atoms with Crippen molar-refractivity contribution in [2.24, 2.45) is 0 Å². The van der Waals surface area contributed by atoms with Crippen molar-refractivity contribution in [2.45, 2.75) is 226 Å². The third-order valence-electron chi connectivity index (χ3n) is 10.7. The van der Waals surface area contributed by atoms with E-state index in [0.29, 0.717) is 19.3 Å². The molecule has 0 N–H and O–H groups in total. The van der Waals surface area contributed by atoms with Crippen molar-refractivity contribution in [3.05, 3.63) is 122 Å². The third-order valence-corrected chi connectivity index (χ3v) is 10.7. The molecule has 0 rings (SSSR count). The molecule has 0 heterocycles. The van der Waals surface area contributed by atoms with Crippen LogP contribution in [0.4, 0.5) is 0 Å². The minimum atomic E-state index is -0.839. The van der Waals surface area contributed by atoms with Gasteiger partial charge in [-0.2, -0.15) is 0 Å². The average Bonchev–Trinajstić information content (AvgIpc) is 3.31. The maximum atomic E-state index is 12.8. The third kappa shape index (κ3) is 50.8. The van der Waals surface area contributed by atoms with Crippen LogP contribution < -0.4 is 0 Å². The molecule has 0 saturated carbocycles. The van der Waals surface area contributed by atoms with Gasteiger partial charge in [-0.05, 0) is 96.3 Å². The summed E-state index contributed by atoms with van der Waals surface area (Å²) in [7, 11) is 0. The zero-order chi connectivity index (χ0) is 47.9. The maximum absolute atomic E-state index is 12.8. The van der Waals surface area contributed by atoms with Crippen LogP contribution in [0.5, 0.6) is 0 Å². The summed E-state index contributed by atoms with van der Waals surface area (Å²) < 4.78 is 16.7. The highest BCUT2D eigenvalue weighted by atomic mass is 16.6. The monoisotopic (exact) mass is 913 g/mol. The van der Waals surface area contributed by atoms with Gasteiger partial charge in [-0.3, -0.25) is 14.4 Å². The van der Waals surface area contributed by atoms with Gasteiger partial charge in [-0.15, -0.1) is 0 Å². The molecule has 6 heteroatoms. The molecule has 0 saturated heterocycles. The predicted molar refractivity (Wildman–Crippen MR) is 283 cm³/mol. The number of esters is 3. The molecule has 1 atom stereocenters. The minimum Gasteiger partial charge on any atom is -0.462 e. The quantitative estimate of drug-likeness (QED) is 0.0262. The lowest BCUT2D eigenvalue weighted by Crippen LogP contribution is -2.30. The van der Waals surface area contributed by atoms with E-state index in [4.69, 9.17) is 14.2 Å². The number of unbranched alkanes of at least 4 members (excludes halogenated alkanes) is 15. The summed E-state index contributed by atoms with van der Waals surface area (Å²) in [6, 6.07) is 0. The van der Waals surface area contributed by atoms with Gasteiger partial charge in [0.25, 0.3) is 0 Å². The molecule has 6 nitrogen and oxygen atoms in total. The van der Waals surface area contributed by atoms with Crippen molar-refractivity contribution in [3.63, 3.8) is 0 Å². The molecule has 0 bridgehead atoms. The van der Waals surface area contributed by atoms with Gasteiger partial charge in [0, 0.05) is 19.3 Å². The van der Waals surface area contributed by atoms with Crippen LogP contribution in [0.3, 0.4) is 0 Å². The van der Waals surface area contributed by atoms with E-state index in [-0.39, 0.29) is 44.0 Å². The second-order valence-electron chi connectivity index (χ2n) is 17.1. The summed E-state index contributed by atoms with van der Waals surface area (Å²) in [5.41, 5.74) is 0. The van der Waals surface area contributed by atoms with Gasteiger partial charge < -0.3 is 14.2 Å². The number of carbonyl (C=O) groups excluding carboxylic acids is 3. The second kappa shape index (κ2) is 53.4. The van der Waals surface area contributed by atoms with Crippen molar-refractivity contribution in [3.8, 4) is 0 Å². The van der Waals surface area contributed by atoms with Gasteiger partial charge in [0.1, 0.15) is 13.2 Å². The molecule has 66 heavy (non-hydrogen) atoms. The van der Waals surface area contributed by atoms with Crippen LogP contribution in [0, 0.1) is 0 Å². The molecule has 372 valence electrons. The standard InChI is InChI=1S/C60H96O6/c1-4-7-10-13-16-19-22-25-27-29-30-32-33-35-38-41-44-47-50-53-59(62)65-56-57(55-64-58(61)52-49-46-43-40-37-24-21-18-15-12-9-6-3)66-60(63)54-51-48-45-42-39-36-34-31-28-26-23-20-17-14-11-8-5-2/h8,11,16-17,19-20,25-28,30,32,34-36,38,42,44-45,47,57H,4-7,9-10,12-15,18,21-24,29,31,33,37,39-41,43,46,48-56H2,1-3H3/b11-8-,19-16-,20-17-,27-25-,28-26-,32-30-,36-34-,38-35-,45-42-,47-44-/t57-/m0/s1. The Bertz CT molecular complexity index is 1420. The minimum absolute atomic E-state index is 0.125. The van der Waals surface area contributed by atoms with Gasteiger partial charge in [0.05, 0.1) is 0 Å². The van der Waals surface area contributed by atoms with E-state index < -0.39 is 6.10 Å². The van der Waals surface area contributed by atoms with E-state index in [1.165, 1.54) is 83.5 Å². The summed E-state index contributed by atoms with van der Waals surface area (Å²) >= 11 is 0. The fraction of sp³-hybridized carbons (Fsp3) is 0.617. The highest BCUT2D eigenvalue weighted by Crippen LogP contribution is 2.13. The first-order valence-corrected chi connectivity index (χ1v) is 26.5. The van der Waals surface area contributed by atoms with Crippen LogP contribution in [0.25, 0.3) is 0 Å². The summed E-state index contributed by atoms with van der Waals surface area (Å²) in [5.74, 6) is -1.08. The highest BCUT2D eigenvalue weighted by Gasteiger charge is 2.19. The van der Waals surface area contributed by atoms with E-state index in [0.717, 1.165) is 83.5 Å². The Morgan fingerprint density at radius 3 is 1.06 bits per heavy atom. The number of hydrogen-bond donors (Lipinski definition) is 0. The van der Waals surface area contributed by atoms with Gasteiger partial charge in [0.2, 0.25) is 0 Å². The molecule has 0 aromatic heterocycles. The molecule has 0 amide bonds. The smallest absolute Gasteiger partial charge is 0.306 e. The van der Waals surface area contributed by atoms with Crippen molar-refractivity contribution in [1.29, 1.82) is 0 Å². The Labute approximate surface area is 405 Å².